The number of hydrogen-bond acceptors (Lipinski definition) is 3. The second-order valence-corrected chi connectivity index (χ2v) is 8.10. The Hall–Kier alpha value is -2.09. The molecule has 1 saturated carbocycles. The zero-order chi connectivity index (χ0) is 19.6. The number of amides is 2. The van der Waals surface area contributed by atoms with Gasteiger partial charge in [0.25, 0.3) is 0 Å². The van der Waals surface area contributed by atoms with E-state index in [1.807, 2.05) is 6.92 Å². The molecular weight excluding hydrogens is 361 g/mol. The van der Waals surface area contributed by atoms with Gasteiger partial charge in [-0.25, -0.2) is 0 Å². The lowest BCUT2D eigenvalue weighted by molar-refractivity contribution is -0.171. The molecule has 146 valence electrons. The summed E-state index contributed by atoms with van der Waals surface area (Å²) in [6, 6.07) is 2.74. The van der Waals surface area contributed by atoms with E-state index >= 15 is 0 Å². The number of alkyl halides is 3. The van der Waals surface area contributed by atoms with E-state index in [0.717, 1.165) is 18.6 Å². The normalized spacial score (nSPS) is 28.3. The number of nitrogens with zero attached hydrogens (tertiary/aromatic N) is 1. The average Bonchev–Trinajstić information content (AvgIpc) is 3.23. The SMILES string of the molecule is Cc1cc(C(F)(F)F)ccc1NC(=O)[C@@H]1C[C@@H]2C[C@@H]2N1C(=O)C1(C)COC1. The van der Waals surface area contributed by atoms with Gasteiger partial charge in [-0.1, -0.05) is 0 Å². The van der Waals surface area contributed by atoms with E-state index in [2.05, 4.69) is 5.32 Å². The van der Waals surface area contributed by atoms with Crippen molar-refractivity contribution in [1.29, 1.82) is 0 Å². The quantitative estimate of drug-likeness (QED) is 0.875. The van der Waals surface area contributed by atoms with E-state index in [4.69, 9.17) is 4.74 Å². The molecule has 3 fully saturated rings. The fourth-order valence-electron chi connectivity index (χ4n) is 4.02. The summed E-state index contributed by atoms with van der Waals surface area (Å²) in [4.78, 5) is 27.4. The first-order valence-electron chi connectivity index (χ1n) is 8.99. The Kier molecular flexibility index (Phi) is 4.03. The highest BCUT2D eigenvalue weighted by Crippen LogP contribution is 2.50. The lowest BCUT2D eigenvalue weighted by Crippen LogP contribution is -2.57. The molecule has 2 aliphatic heterocycles. The minimum absolute atomic E-state index is 0.0666. The second-order valence-electron chi connectivity index (χ2n) is 8.10. The Morgan fingerprint density at radius 3 is 2.52 bits per heavy atom. The van der Waals surface area contributed by atoms with E-state index in [-0.39, 0.29) is 17.9 Å². The van der Waals surface area contributed by atoms with Crippen LogP contribution in [0.4, 0.5) is 18.9 Å². The highest BCUT2D eigenvalue weighted by Gasteiger charge is 2.59. The third-order valence-electron chi connectivity index (χ3n) is 5.81. The summed E-state index contributed by atoms with van der Waals surface area (Å²) in [6.45, 7) is 4.06. The van der Waals surface area contributed by atoms with Gasteiger partial charge in [0, 0.05) is 11.7 Å². The number of nitrogens with one attached hydrogen (secondary N) is 1. The Balaban J connectivity index is 1.50. The van der Waals surface area contributed by atoms with Crippen LogP contribution in [-0.4, -0.2) is 42.0 Å². The Bertz CT molecular complexity index is 804. The van der Waals surface area contributed by atoms with Crippen LogP contribution < -0.4 is 5.32 Å². The van der Waals surface area contributed by atoms with Crippen LogP contribution in [0.2, 0.25) is 0 Å². The van der Waals surface area contributed by atoms with E-state index in [0.29, 0.717) is 36.8 Å². The maximum atomic E-state index is 12.9. The fraction of sp³-hybridized carbons (Fsp3) is 0.579. The molecule has 5 nitrogen and oxygen atoms in total. The minimum Gasteiger partial charge on any atom is -0.379 e. The molecule has 1 aromatic carbocycles. The first-order chi connectivity index (χ1) is 12.6. The predicted octanol–water partition coefficient (Wildman–Crippen LogP) is 2.98. The Morgan fingerprint density at radius 1 is 1.26 bits per heavy atom. The first kappa shape index (κ1) is 18.3. The number of likely N-dealkylation sites (tertiary alicyclic amines) is 1. The second kappa shape index (κ2) is 5.95. The van der Waals surface area contributed by atoms with Gasteiger partial charge >= 0.3 is 6.18 Å². The molecule has 1 aliphatic carbocycles. The third-order valence-corrected chi connectivity index (χ3v) is 5.81. The maximum absolute atomic E-state index is 12.9. The number of fused-ring (bicyclic) bond motifs is 1. The van der Waals surface area contributed by atoms with Crippen molar-refractivity contribution in [2.24, 2.45) is 11.3 Å². The summed E-state index contributed by atoms with van der Waals surface area (Å²) < 4.78 is 43.6. The van der Waals surface area contributed by atoms with Gasteiger partial charge < -0.3 is 15.0 Å². The largest absolute Gasteiger partial charge is 0.416 e. The standard InChI is InChI=1S/C19H21F3N2O3/c1-10-5-12(19(20,21)22)3-4-13(10)23-16(25)15-7-11-6-14(11)24(15)17(26)18(2)8-27-9-18/h3-5,11,14-15H,6-9H2,1-2H3,(H,23,25)/t11-,14-,15-/m0/s1. The van der Waals surface area contributed by atoms with Crippen molar-refractivity contribution in [3.63, 3.8) is 0 Å². The topological polar surface area (TPSA) is 58.6 Å². The lowest BCUT2D eigenvalue weighted by Gasteiger charge is -2.41. The van der Waals surface area contributed by atoms with Crippen LogP contribution in [0, 0.1) is 18.3 Å². The highest BCUT2D eigenvalue weighted by molar-refractivity contribution is 5.99. The van der Waals surface area contributed by atoms with Crippen LogP contribution in [0.25, 0.3) is 0 Å². The Morgan fingerprint density at radius 2 is 1.96 bits per heavy atom. The molecule has 8 heteroatoms. The molecule has 2 saturated heterocycles. The molecule has 0 radical (unpaired) electrons. The van der Waals surface area contributed by atoms with E-state index < -0.39 is 23.2 Å². The van der Waals surface area contributed by atoms with Crippen molar-refractivity contribution in [3.8, 4) is 0 Å². The number of carbonyl (C=O) groups excluding carboxylic acids is 2. The molecule has 1 aromatic rings. The molecule has 3 aliphatic rings. The summed E-state index contributed by atoms with van der Waals surface area (Å²) >= 11 is 0. The molecule has 3 atom stereocenters. The van der Waals surface area contributed by atoms with Crippen LogP contribution in [0.5, 0.6) is 0 Å². The van der Waals surface area contributed by atoms with Crippen molar-refractivity contribution in [2.75, 3.05) is 18.5 Å². The molecule has 2 amide bonds. The van der Waals surface area contributed by atoms with Crippen LogP contribution in [0.3, 0.4) is 0 Å². The molecule has 0 unspecified atom stereocenters. The summed E-state index contributed by atoms with van der Waals surface area (Å²) in [6.07, 6.45) is -2.92. The van der Waals surface area contributed by atoms with Crippen molar-refractivity contribution < 1.29 is 27.5 Å². The highest BCUT2D eigenvalue weighted by atomic mass is 19.4. The zero-order valence-electron chi connectivity index (χ0n) is 15.1. The van der Waals surface area contributed by atoms with Gasteiger partial charge in [-0.05, 0) is 56.4 Å². The van der Waals surface area contributed by atoms with E-state index in [1.54, 1.807) is 4.90 Å². The molecule has 27 heavy (non-hydrogen) atoms. The van der Waals surface area contributed by atoms with Crippen molar-refractivity contribution in [2.45, 2.75) is 44.9 Å². The van der Waals surface area contributed by atoms with Gasteiger partial charge in [-0.2, -0.15) is 13.2 Å². The molecule has 0 bridgehead atoms. The Labute approximate surface area is 154 Å². The number of ether oxygens (including phenoxy) is 1. The first-order valence-corrected chi connectivity index (χ1v) is 8.99. The number of carbonyl (C=O) groups is 2. The van der Waals surface area contributed by atoms with Crippen molar-refractivity contribution >= 4 is 17.5 Å². The van der Waals surface area contributed by atoms with E-state index in [1.165, 1.54) is 13.0 Å². The predicted molar refractivity (Wildman–Crippen MR) is 90.9 cm³/mol. The van der Waals surface area contributed by atoms with Gasteiger partial charge in [0.2, 0.25) is 11.8 Å². The molecule has 2 heterocycles. The van der Waals surface area contributed by atoms with Crippen LogP contribution in [0.1, 0.15) is 30.9 Å². The van der Waals surface area contributed by atoms with Crippen molar-refractivity contribution in [3.05, 3.63) is 29.3 Å². The van der Waals surface area contributed by atoms with Crippen LogP contribution in [-0.2, 0) is 20.5 Å². The third kappa shape index (κ3) is 3.09. The van der Waals surface area contributed by atoms with E-state index in [9.17, 15) is 22.8 Å². The molecule has 0 spiro atoms. The number of piperidine rings is 1. The monoisotopic (exact) mass is 382 g/mol. The maximum Gasteiger partial charge on any atom is 0.416 e. The summed E-state index contributed by atoms with van der Waals surface area (Å²) in [5.41, 5.74) is -0.673. The number of halogens is 3. The summed E-state index contributed by atoms with van der Waals surface area (Å²) in [7, 11) is 0. The molecule has 0 aromatic heterocycles. The van der Waals surface area contributed by atoms with Crippen molar-refractivity contribution in [1.82, 2.24) is 4.90 Å². The smallest absolute Gasteiger partial charge is 0.379 e. The molecular formula is C19H21F3N2O3. The summed E-state index contributed by atoms with van der Waals surface area (Å²) in [5.74, 6) is -0.0757. The average molecular weight is 382 g/mol. The number of aryl methyl sites for hydroxylation is 1. The van der Waals surface area contributed by atoms with Crippen LogP contribution >= 0.6 is 0 Å². The van der Waals surface area contributed by atoms with Gasteiger partial charge in [0.15, 0.2) is 0 Å². The van der Waals surface area contributed by atoms with Gasteiger partial charge in [0.1, 0.15) is 6.04 Å². The van der Waals surface area contributed by atoms with Gasteiger partial charge in [-0.3, -0.25) is 9.59 Å². The van der Waals surface area contributed by atoms with Crippen LogP contribution in [0.15, 0.2) is 18.2 Å². The van der Waals surface area contributed by atoms with Gasteiger partial charge in [-0.15, -0.1) is 0 Å². The number of hydrogen-bond donors (Lipinski definition) is 1. The number of rotatable bonds is 3. The minimum atomic E-state index is -4.43. The van der Waals surface area contributed by atoms with Gasteiger partial charge in [0.05, 0.1) is 24.2 Å². The number of benzene rings is 1. The molecule has 1 N–H and O–H groups in total. The number of anilines is 1. The fourth-order valence-corrected chi connectivity index (χ4v) is 4.02. The zero-order valence-corrected chi connectivity index (χ0v) is 15.1. The molecule has 4 rings (SSSR count). The lowest BCUT2D eigenvalue weighted by atomic mass is 9.86. The summed E-state index contributed by atoms with van der Waals surface area (Å²) in [5, 5.41) is 2.71.